The molecule has 19 heavy (non-hydrogen) atoms. The topological polar surface area (TPSA) is 77.6 Å². The number of aromatic nitrogens is 5. The molecule has 0 fully saturated rings. The van der Waals surface area contributed by atoms with E-state index in [0.29, 0.717) is 17.9 Å². The van der Waals surface area contributed by atoms with Gasteiger partial charge in [0.05, 0.1) is 18.4 Å². The van der Waals surface area contributed by atoms with Crippen molar-refractivity contribution in [1.82, 2.24) is 30.1 Å². The summed E-state index contributed by atoms with van der Waals surface area (Å²) in [6.07, 6.45) is 3.29. The van der Waals surface area contributed by atoms with E-state index in [1.165, 1.54) is 9.36 Å². The van der Waals surface area contributed by atoms with Gasteiger partial charge in [-0.3, -0.25) is 14.2 Å². The average molecular weight is 266 g/mol. The van der Waals surface area contributed by atoms with Crippen LogP contribution < -0.4 is 5.32 Å². The van der Waals surface area contributed by atoms with E-state index in [1.54, 1.807) is 26.4 Å². The Labute approximate surface area is 109 Å². The molecule has 2 heterocycles. The summed E-state index contributed by atoms with van der Waals surface area (Å²) < 4.78 is 15.2. The molecule has 1 N–H and O–H groups in total. The van der Waals surface area contributed by atoms with E-state index in [1.807, 2.05) is 0 Å². The van der Waals surface area contributed by atoms with Crippen molar-refractivity contribution in [3.8, 4) is 0 Å². The molecule has 8 heteroatoms. The molecular weight excluding hydrogens is 251 g/mol. The Morgan fingerprint density at radius 3 is 2.95 bits per heavy atom. The van der Waals surface area contributed by atoms with Crippen molar-refractivity contribution in [2.45, 2.75) is 20.0 Å². The molecule has 1 amide bonds. The zero-order valence-corrected chi connectivity index (χ0v) is 10.8. The molecule has 0 aliphatic carbocycles. The quantitative estimate of drug-likeness (QED) is 0.839. The van der Waals surface area contributed by atoms with Crippen molar-refractivity contribution in [2.75, 3.05) is 6.67 Å². The molecule has 0 saturated heterocycles. The molecule has 0 aliphatic heterocycles. The second-order valence-corrected chi connectivity index (χ2v) is 4.13. The van der Waals surface area contributed by atoms with Crippen molar-refractivity contribution in [3.05, 3.63) is 29.3 Å². The molecule has 0 aliphatic rings. The predicted octanol–water partition coefficient (Wildman–Crippen LogP) is 0.220. The predicted molar refractivity (Wildman–Crippen MR) is 65.1 cm³/mol. The monoisotopic (exact) mass is 266 g/mol. The van der Waals surface area contributed by atoms with Crippen molar-refractivity contribution < 1.29 is 9.18 Å². The van der Waals surface area contributed by atoms with Gasteiger partial charge in [-0.15, -0.1) is 5.10 Å². The minimum Gasteiger partial charge on any atom is -0.346 e. The first-order chi connectivity index (χ1) is 9.11. The Morgan fingerprint density at radius 1 is 1.53 bits per heavy atom. The molecule has 0 aromatic carbocycles. The fraction of sp³-hybridized carbons (Fsp3) is 0.455. The summed E-state index contributed by atoms with van der Waals surface area (Å²) in [6, 6.07) is 0. The van der Waals surface area contributed by atoms with E-state index in [9.17, 15) is 9.18 Å². The molecule has 2 rings (SSSR count). The van der Waals surface area contributed by atoms with Crippen molar-refractivity contribution >= 4 is 5.91 Å². The van der Waals surface area contributed by atoms with Crippen LogP contribution in [-0.4, -0.2) is 37.4 Å². The van der Waals surface area contributed by atoms with Gasteiger partial charge < -0.3 is 5.32 Å². The van der Waals surface area contributed by atoms with E-state index in [0.717, 1.165) is 5.56 Å². The highest BCUT2D eigenvalue weighted by molar-refractivity contribution is 5.93. The standard InChI is InChI=1S/C11H15FN6O/c1-8-10(15-16-17(8)2)11(19)13-5-9-6-14-18(7-9)4-3-12/h6-7H,3-5H2,1-2H3,(H,13,19). The highest BCUT2D eigenvalue weighted by Gasteiger charge is 2.14. The number of rotatable bonds is 5. The zero-order chi connectivity index (χ0) is 13.8. The number of nitrogens with one attached hydrogen (secondary N) is 1. The molecule has 0 bridgehead atoms. The maximum atomic E-state index is 12.1. The minimum absolute atomic E-state index is 0.219. The third kappa shape index (κ3) is 2.95. The number of carbonyl (C=O) groups is 1. The molecule has 2 aromatic heterocycles. The lowest BCUT2D eigenvalue weighted by Gasteiger charge is -2.01. The maximum absolute atomic E-state index is 12.1. The van der Waals surface area contributed by atoms with Crippen molar-refractivity contribution in [1.29, 1.82) is 0 Å². The molecular formula is C11H15FN6O. The van der Waals surface area contributed by atoms with Crippen LogP contribution >= 0.6 is 0 Å². The van der Waals surface area contributed by atoms with Gasteiger partial charge in [-0.1, -0.05) is 5.21 Å². The van der Waals surface area contributed by atoms with Crippen LogP contribution in [-0.2, 0) is 20.1 Å². The van der Waals surface area contributed by atoms with Gasteiger partial charge in [-0.25, -0.2) is 4.39 Å². The lowest BCUT2D eigenvalue weighted by atomic mass is 10.3. The third-order valence-electron chi connectivity index (χ3n) is 2.78. The highest BCUT2D eigenvalue weighted by Crippen LogP contribution is 2.03. The fourth-order valence-corrected chi connectivity index (χ4v) is 1.59. The lowest BCUT2D eigenvalue weighted by Crippen LogP contribution is -2.24. The first-order valence-corrected chi connectivity index (χ1v) is 5.83. The normalized spacial score (nSPS) is 10.7. The zero-order valence-electron chi connectivity index (χ0n) is 10.8. The molecule has 0 atom stereocenters. The Kier molecular flexibility index (Phi) is 3.88. The summed E-state index contributed by atoms with van der Waals surface area (Å²) in [5.74, 6) is -0.288. The molecule has 0 spiro atoms. The van der Waals surface area contributed by atoms with Crippen LogP contribution in [0.3, 0.4) is 0 Å². The Morgan fingerprint density at radius 2 is 2.32 bits per heavy atom. The molecule has 0 radical (unpaired) electrons. The van der Waals surface area contributed by atoms with Gasteiger partial charge in [0, 0.05) is 25.4 Å². The van der Waals surface area contributed by atoms with E-state index >= 15 is 0 Å². The summed E-state index contributed by atoms with van der Waals surface area (Å²) in [5, 5.41) is 14.3. The van der Waals surface area contributed by atoms with E-state index in [-0.39, 0.29) is 12.5 Å². The van der Waals surface area contributed by atoms with Crippen LogP contribution in [0.4, 0.5) is 4.39 Å². The summed E-state index contributed by atoms with van der Waals surface area (Å²) in [5.41, 5.74) is 1.81. The first kappa shape index (κ1) is 13.2. The Bertz CT molecular complexity index is 576. The summed E-state index contributed by atoms with van der Waals surface area (Å²) in [4.78, 5) is 11.9. The maximum Gasteiger partial charge on any atom is 0.274 e. The second-order valence-electron chi connectivity index (χ2n) is 4.13. The largest absolute Gasteiger partial charge is 0.346 e. The summed E-state index contributed by atoms with van der Waals surface area (Å²) in [6.45, 7) is 1.85. The van der Waals surface area contributed by atoms with Crippen LogP contribution in [0.1, 0.15) is 21.7 Å². The molecule has 0 saturated carbocycles. The number of alkyl halides is 1. The highest BCUT2D eigenvalue weighted by atomic mass is 19.1. The number of hydrogen-bond donors (Lipinski definition) is 1. The number of carbonyl (C=O) groups excluding carboxylic acids is 1. The van der Waals surface area contributed by atoms with E-state index < -0.39 is 6.67 Å². The average Bonchev–Trinajstić information content (AvgIpc) is 2.96. The number of hydrogen-bond acceptors (Lipinski definition) is 4. The number of nitrogens with zero attached hydrogens (tertiary/aromatic N) is 5. The number of aryl methyl sites for hydroxylation is 2. The smallest absolute Gasteiger partial charge is 0.274 e. The Balaban J connectivity index is 1.94. The molecule has 7 nitrogen and oxygen atoms in total. The first-order valence-electron chi connectivity index (χ1n) is 5.83. The number of amides is 1. The van der Waals surface area contributed by atoms with Crippen LogP contribution in [0.25, 0.3) is 0 Å². The van der Waals surface area contributed by atoms with Gasteiger partial charge in [0.25, 0.3) is 5.91 Å². The number of halogens is 1. The summed E-state index contributed by atoms with van der Waals surface area (Å²) in [7, 11) is 1.72. The van der Waals surface area contributed by atoms with Gasteiger partial charge in [-0.05, 0) is 6.92 Å². The van der Waals surface area contributed by atoms with Crippen LogP contribution in [0.5, 0.6) is 0 Å². The van der Waals surface area contributed by atoms with Crippen LogP contribution in [0.2, 0.25) is 0 Å². The van der Waals surface area contributed by atoms with E-state index in [2.05, 4.69) is 20.7 Å². The molecule has 102 valence electrons. The third-order valence-corrected chi connectivity index (χ3v) is 2.78. The van der Waals surface area contributed by atoms with Gasteiger partial charge in [0.15, 0.2) is 5.69 Å². The summed E-state index contributed by atoms with van der Waals surface area (Å²) >= 11 is 0. The fourth-order valence-electron chi connectivity index (χ4n) is 1.59. The second kappa shape index (κ2) is 5.59. The van der Waals surface area contributed by atoms with Crippen molar-refractivity contribution in [3.63, 3.8) is 0 Å². The SMILES string of the molecule is Cc1c(C(=O)NCc2cnn(CCF)c2)nnn1C. The van der Waals surface area contributed by atoms with Crippen molar-refractivity contribution in [2.24, 2.45) is 7.05 Å². The van der Waals surface area contributed by atoms with Crippen LogP contribution in [0, 0.1) is 6.92 Å². The molecule has 2 aromatic rings. The van der Waals surface area contributed by atoms with Gasteiger partial charge in [0.2, 0.25) is 0 Å². The van der Waals surface area contributed by atoms with Gasteiger partial charge >= 0.3 is 0 Å². The minimum atomic E-state index is -0.466. The van der Waals surface area contributed by atoms with Gasteiger partial charge in [-0.2, -0.15) is 5.10 Å². The van der Waals surface area contributed by atoms with Gasteiger partial charge in [0.1, 0.15) is 6.67 Å². The Hall–Kier alpha value is -2.25. The van der Waals surface area contributed by atoms with E-state index in [4.69, 9.17) is 0 Å². The lowest BCUT2D eigenvalue weighted by molar-refractivity contribution is 0.0945. The molecule has 0 unspecified atom stereocenters. The van der Waals surface area contributed by atoms with Crippen LogP contribution in [0.15, 0.2) is 12.4 Å².